The Hall–Kier alpha value is -0.320. The van der Waals surface area contributed by atoms with Gasteiger partial charge in [0.2, 0.25) is 0 Å². The van der Waals surface area contributed by atoms with E-state index in [9.17, 15) is 0 Å². The van der Waals surface area contributed by atoms with E-state index in [0.29, 0.717) is 54.6 Å². The highest BCUT2D eigenvalue weighted by atomic mass is 16.5. The molecule has 542 valence electrons. The topological polar surface area (TPSA) is 58.3 Å². The summed E-state index contributed by atoms with van der Waals surface area (Å²) in [6.07, 6.45) is 9.22. The molecule has 3 aliphatic heterocycles. The zero-order valence-electron chi connectivity index (χ0n) is 70.4. The first-order valence-corrected chi connectivity index (χ1v) is 36.8. The maximum atomic E-state index is 5.23. The highest BCUT2D eigenvalue weighted by Crippen LogP contribution is 2.39. The summed E-state index contributed by atoms with van der Waals surface area (Å²) in [5.41, 5.74) is 4.30. The SMILES string of the molecule is CC(C(C)(C)C)C(C)(C)C.CC(C)(C)C1CCCN1.CC(C)C(C)C(C)(C)C.CCC(C)(C)C.CCCC(C)(C)C.CCCN1CCN(C(C)(C)C)CC1.CCCN1CCN(C(C)(C)C)CC1.CCNC(C)(C)C.CCNC(C)(C)C.CCOC(C)(C)C. The van der Waals surface area contributed by atoms with Gasteiger partial charge in [-0.25, -0.2) is 0 Å². The van der Waals surface area contributed by atoms with Gasteiger partial charge in [0.05, 0.1) is 5.60 Å². The minimum Gasteiger partial charge on any atom is -0.376 e. The number of hydrogen-bond acceptors (Lipinski definition) is 8. The normalized spacial score (nSPS) is 17.5. The highest BCUT2D eigenvalue weighted by molar-refractivity contribution is 4.86. The molecule has 0 spiro atoms. The Balaban J connectivity index is -0.000000168. The number of hydrogen-bond donors (Lipinski definition) is 3. The Morgan fingerprint density at radius 1 is 0.432 bits per heavy atom. The van der Waals surface area contributed by atoms with Crippen LogP contribution in [0, 0.1) is 50.2 Å². The lowest BCUT2D eigenvalue weighted by Gasteiger charge is -2.42. The summed E-state index contributed by atoms with van der Waals surface area (Å²) < 4.78 is 5.23. The predicted octanol–water partition coefficient (Wildman–Crippen LogP) is 22.3. The Bertz CT molecular complexity index is 1360. The van der Waals surface area contributed by atoms with E-state index in [1.807, 2.05) is 6.92 Å². The summed E-state index contributed by atoms with van der Waals surface area (Å²) in [7, 11) is 0. The van der Waals surface area contributed by atoms with Gasteiger partial charge in [0.15, 0.2) is 0 Å². The van der Waals surface area contributed by atoms with E-state index in [1.54, 1.807) is 0 Å². The number of nitrogens with one attached hydrogen (secondary N) is 3. The molecule has 0 saturated carbocycles. The van der Waals surface area contributed by atoms with Crippen molar-refractivity contribution >= 4 is 0 Å². The second-order valence-corrected chi connectivity index (χ2v) is 38.2. The third-order valence-corrected chi connectivity index (χ3v) is 16.8. The molecule has 8 heteroatoms. The Morgan fingerprint density at radius 3 is 0.830 bits per heavy atom. The van der Waals surface area contributed by atoms with Gasteiger partial charge in [-0.1, -0.05) is 207 Å². The maximum Gasteiger partial charge on any atom is 0.0598 e. The number of ether oxygens (including phenoxy) is 1. The molecular weight excluding hydrogens is 1070 g/mol. The van der Waals surface area contributed by atoms with Crippen LogP contribution in [0.5, 0.6) is 0 Å². The molecule has 0 amide bonds. The average Bonchev–Trinajstić information content (AvgIpc) is 3.88. The lowest BCUT2D eigenvalue weighted by atomic mass is 9.68. The molecule has 0 bridgehead atoms. The molecule has 3 aliphatic rings. The third-order valence-electron chi connectivity index (χ3n) is 16.8. The molecule has 3 N–H and O–H groups in total. The standard InChI is InChI=1S/2C11H24N2.C10H22.C9H20.C8H17N.C7H16.2C6H15N.C6H14O.C6H14/c2*1-5-6-12-7-9-13(10-8-12)11(2,3)4;1-8(9(2,3)4)10(5,6)7;1-7(2)8(3)9(4,5)6;1-8(2,3)7-5-4-6-9-7;1-5-6-7(2,3)4;3*1-5-7-6(2,3)4;1-5-6(2,3)4/h2*5-10H2,1-4H3;8H,1-7H3;7-8H,1-6H3;7,9H,4-6H2,1-3H3;5-6H2,1-4H3;2*7H,5H2,1-4H3;5H2,1-4H3;5H2,1-4H3. The summed E-state index contributed by atoms with van der Waals surface area (Å²) in [6, 6.07) is 0.762. The molecule has 0 aliphatic carbocycles. The second kappa shape index (κ2) is 48.4. The summed E-state index contributed by atoms with van der Waals surface area (Å²) in [5, 5.41) is 10.1. The molecule has 3 rings (SSSR count). The molecule has 3 saturated heterocycles. The lowest BCUT2D eigenvalue weighted by molar-refractivity contribution is 0.00530. The number of rotatable bonds is 9. The maximum absolute atomic E-state index is 5.23. The zero-order valence-corrected chi connectivity index (χ0v) is 70.4. The van der Waals surface area contributed by atoms with E-state index in [2.05, 4.69) is 333 Å². The molecule has 88 heavy (non-hydrogen) atoms. The van der Waals surface area contributed by atoms with Crippen molar-refractivity contribution in [2.45, 2.75) is 383 Å². The molecule has 0 aromatic heterocycles. The van der Waals surface area contributed by atoms with Gasteiger partial charge in [0, 0.05) is 87.2 Å². The van der Waals surface area contributed by atoms with E-state index >= 15 is 0 Å². The van der Waals surface area contributed by atoms with Gasteiger partial charge in [0.1, 0.15) is 0 Å². The Kier molecular flexibility index (Phi) is 55.6. The van der Waals surface area contributed by atoms with Crippen LogP contribution in [0.4, 0.5) is 0 Å². The molecule has 0 aromatic carbocycles. The van der Waals surface area contributed by atoms with Crippen molar-refractivity contribution in [2.24, 2.45) is 50.2 Å². The van der Waals surface area contributed by atoms with Crippen LogP contribution in [0.1, 0.15) is 350 Å². The van der Waals surface area contributed by atoms with Gasteiger partial charge in [-0.05, 0) is 226 Å². The molecule has 2 atom stereocenters. The fourth-order valence-electron chi connectivity index (χ4n) is 9.88. The highest BCUT2D eigenvalue weighted by Gasteiger charge is 2.31. The quantitative estimate of drug-likeness (QED) is 0.211. The smallest absolute Gasteiger partial charge is 0.0598 e. The van der Waals surface area contributed by atoms with Crippen molar-refractivity contribution in [1.82, 2.24) is 35.6 Å². The minimum absolute atomic E-state index is 0.0503. The average molecular weight is 1260 g/mol. The first-order chi connectivity index (χ1) is 39.0. The molecule has 2 unspecified atom stereocenters. The van der Waals surface area contributed by atoms with Gasteiger partial charge >= 0.3 is 0 Å². The first kappa shape index (κ1) is 101. The lowest BCUT2D eigenvalue weighted by Crippen LogP contribution is -2.53. The van der Waals surface area contributed by atoms with Crippen LogP contribution in [0.25, 0.3) is 0 Å². The van der Waals surface area contributed by atoms with Crippen LogP contribution in [-0.2, 0) is 4.74 Å². The van der Waals surface area contributed by atoms with Crippen molar-refractivity contribution in [2.75, 3.05) is 91.7 Å². The predicted molar refractivity (Wildman–Crippen MR) is 410 cm³/mol. The Labute approximate surface area is 562 Å². The largest absolute Gasteiger partial charge is 0.376 e. The van der Waals surface area contributed by atoms with Crippen LogP contribution < -0.4 is 16.0 Å². The van der Waals surface area contributed by atoms with Crippen molar-refractivity contribution in [3.63, 3.8) is 0 Å². The molecule has 3 heterocycles. The first-order valence-electron chi connectivity index (χ1n) is 36.8. The van der Waals surface area contributed by atoms with E-state index in [-0.39, 0.29) is 5.60 Å². The van der Waals surface area contributed by atoms with Gasteiger partial charge in [0.25, 0.3) is 0 Å². The Morgan fingerprint density at radius 2 is 0.750 bits per heavy atom. The molecule has 3 fully saturated rings. The van der Waals surface area contributed by atoms with Crippen molar-refractivity contribution in [3.05, 3.63) is 0 Å². The van der Waals surface area contributed by atoms with Crippen molar-refractivity contribution in [3.8, 4) is 0 Å². The summed E-state index contributed by atoms with van der Waals surface area (Å²) in [6.45, 7) is 115. The monoisotopic (exact) mass is 1260 g/mol. The fraction of sp³-hybridized carbons (Fsp3) is 1.00. The van der Waals surface area contributed by atoms with Crippen molar-refractivity contribution < 1.29 is 4.74 Å². The zero-order chi connectivity index (χ0) is 71.8. The van der Waals surface area contributed by atoms with Crippen LogP contribution in [-0.4, -0.2) is 145 Å². The van der Waals surface area contributed by atoms with E-state index < -0.39 is 0 Å². The minimum atomic E-state index is 0.0503. The molecule has 0 radical (unpaired) electrons. The summed E-state index contributed by atoms with van der Waals surface area (Å²) in [4.78, 5) is 10.3. The van der Waals surface area contributed by atoms with E-state index in [4.69, 9.17) is 4.74 Å². The number of nitrogens with zero attached hydrogens (tertiary/aromatic N) is 4. The molecular formula is C80H181N7O. The van der Waals surface area contributed by atoms with Crippen LogP contribution in [0.15, 0.2) is 0 Å². The summed E-state index contributed by atoms with van der Waals surface area (Å²) >= 11 is 0. The third kappa shape index (κ3) is 73.1. The van der Waals surface area contributed by atoms with Gasteiger partial charge in [-0.2, -0.15) is 0 Å². The second-order valence-electron chi connectivity index (χ2n) is 38.2. The molecule has 8 nitrogen and oxygen atoms in total. The van der Waals surface area contributed by atoms with E-state index in [0.717, 1.165) is 43.5 Å². The van der Waals surface area contributed by atoms with Crippen molar-refractivity contribution in [1.29, 1.82) is 0 Å². The summed E-state index contributed by atoms with van der Waals surface area (Å²) in [5.74, 6) is 2.39. The van der Waals surface area contributed by atoms with E-state index in [1.165, 1.54) is 117 Å². The van der Waals surface area contributed by atoms with Gasteiger partial charge in [-0.3, -0.25) is 9.80 Å². The fourth-order valence-corrected chi connectivity index (χ4v) is 9.88. The van der Waals surface area contributed by atoms with Crippen LogP contribution >= 0.6 is 0 Å². The van der Waals surface area contributed by atoms with Crippen LogP contribution in [0.3, 0.4) is 0 Å². The van der Waals surface area contributed by atoms with Crippen LogP contribution in [0.2, 0.25) is 0 Å². The van der Waals surface area contributed by atoms with Gasteiger partial charge < -0.3 is 30.5 Å². The van der Waals surface area contributed by atoms with Gasteiger partial charge in [-0.15, -0.1) is 0 Å². The molecule has 0 aromatic rings. The number of piperazine rings is 2.